The third-order valence-electron chi connectivity index (χ3n) is 6.05. The largest absolute Gasteiger partial charge is 0.493 e. The molecule has 1 aliphatic heterocycles. The van der Waals surface area contributed by atoms with Crippen LogP contribution in [0.4, 0.5) is 0 Å². The summed E-state index contributed by atoms with van der Waals surface area (Å²) >= 11 is 0. The maximum Gasteiger partial charge on any atom is 0.254 e. The Morgan fingerprint density at radius 2 is 1.94 bits per heavy atom. The van der Waals surface area contributed by atoms with Gasteiger partial charge in [0.05, 0.1) is 6.61 Å². The van der Waals surface area contributed by atoms with Crippen LogP contribution in [0.3, 0.4) is 0 Å². The second kappa shape index (κ2) is 12.6. The summed E-state index contributed by atoms with van der Waals surface area (Å²) in [6, 6.07) is 16.8. The smallest absolute Gasteiger partial charge is 0.254 e. The number of carbonyl (C=O) groups excluding carboxylic acids is 1. The lowest BCUT2D eigenvalue weighted by Crippen LogP contribution is -2.51. The maximum absolute atomic E-state index is 13.5. The van der Waals surface area contributed by atoms with E-state index in [-0.39, 0.29) is 18.0 Å². The van der Waals surface area contributed by atoms with Crippen molar-refractivity contribution in [2.24, 2.45) is 0 Å². The van der Waals surface area contributed by atoms with Gasteiger partial charge in [0.2, 0.25) is 0 Å². The molecule has 5 nitrogen and oxygen atoms in total. The summed E-state index contributed by atoms with van der Waals surface area (Å²) in [6.07, 6.45) is 4.78. The number of aryl methyl sites for hydroxylation is 2. The summed E-state index contributed by atoms with van der Waals surface area (Å²) in [4.78, 5) is 15.6. The van der Waals surface area contributed by atoms with E-state index in [4.69, 9.17) is 9.47 Å². The first kappa shape index (κ1) is 24.3. The maximum atomic E-state index is 13.5. The van der Waals surface area contributed by atoms with Gasteiger partial charge in [0.25, 0.3) is 5.91 Å². The molecule has 1 heterocycles. The van der Waals surface area contributed by atoms with Crippen molar-refractivity contribution in [1.82, 2.24) is 10.2 Å². The van der Waals surface area contributed by atoms with Crippen LogP contribution in [0.5, 0.6) is 5.75 Å². The normalized spacial score (nSPS) is 16.2. The molecule has 3 rings (SSSR count). The highest BCUT2D eigenvalue weighted by Crippen LogP contribution is 2.25. The van der Waals surface area contributed by atoms with Crippen molar-refractivity contribution in [3.05, 3.63) is 65.2 Å². The molecular weight excluding hydrogens is 400 g/mol. The Morgan fingerprint density at radius 1 is 1.12 bits per heavy atom. The zero-order chi connectivity index (χ0) is 22.8. The summed E-state index contributed by atoms with van der Waals surface area (Å²) in [7, 11) is 1.70. The van der Waals surface area contributed by atoms with Crippen molar-refractivity contribution < 1.29 is 14.3 Å². The highest BCUT2D eigenvalue weighted by molar-refractivity contribution is 5.95. The summed E-state index contributed by atoms with van der Waals surface area (Å²) in [5.74, 6) is 0.901. The SMILES string of the molecule is COCCCOc1cc(C(=O)N(C(C)C)C2CCCNC2)ccc1CCc1ccccc1. The number of amides is 1. The van der Waals surface area contributed by atoms with Crippen LogP contribution in [0.15, 0.2) is 48.5 Å². The topological polar surface area (TPSA) is 50.8 Å². The fraction of sp³-hybridized carbons (Fsp3) is 0.519. The number of nitrogens with one attached hydrogen (secondary N) is 1. The van der Waals surface area contributed by atoms with Crippen molar-refractivity contribution in [2.75, 3.05) is 33.4 Å². The number of carbonyl (C=O) groups is 1. The van der Waals surface area contributed by atoms with E-state index in [1.807, 2.05) is 23.1 Å². The van der Waals surface area contributed by atoms with Crippen LogP contribution in [0, 0.1) is 0 Å². The predicted molar refractivity (Wildman–Crippen MR) is 129 cm³/mol. The summed E-state index contributed by atoms with van der Waals surface area (Å²) in [6.45, 7) is 7.33. The molecule has 2 aromatic carbocycles. The molecule has 0 radical (unpaired) electrons. The highest BCUT2D eigenvalue weighted by Gasteiger charge is 2.28. The van der Waals surface area contributed by atoms with Gasteiger partial charge in [-0.15, -0.1) is 0 Å². The molecule has 174 valence electrons. The molecule has 1 saturated heterocycles. The van der Waals surface area contributed by atoms with Gasteiger partial charge in [-0.25, -0.2) is 0 Å². The minimum atomic E-state index is 0.0880. The van der Waals surface area contributed by atoms with Gasteiger partial charge in [-0.2, -0.15) is 0 Å². The molecule has 32 heavy (non-hydrogen) atoms. The molecule has 1 fully saturated rings. The molecule has 0 saturated carbocycles. The quantitative estimate of drug-likeness (QED) is 0.525. The molecule has 1 N–H and O–H groups in total. The lowest BCUT2D eigenvalue weighted by molar-refractivity contribution is 0.0573. The van der Waals surface area contributed by atoms with Crippen LogP contribution in [0.2, 0.25) is 0 Å². The Labute approximate surface area is 193 Å². The molecule has 2 aromatic rings. The molecule has 5 heteroatoms. The lowest BCUT2D eigenvalue weighted by atomic mass is 9.99. The first-order chi connectivity index (χ1) is 15.6. The van der Waals surface area contributed by atoms with Gasteiger partial charge in [0, 0.05) is 44.3 Å². The first-order valence-electron chi connectivity index (χ1n) is 11.9. The van der Waals surface area contributed by atoms with E-state index >= 15 is 0 Å². The number of rotatable bonds is 11. The minimum absolute atomic E-state index is 0.0880. The molecule has 0 aliphatic carbocycles. The van der Waals surface area contributed by atoms with Crippen molar-refractivity contribution in [3.8, 4) is 5.75 Å². The zero-order valence-corrected chi connectivity index (χ0v) is 19.8. The van der Waals surface area contributed by atoms with E-state index in [1.165, 1.54) is 5.56 Å². The molecular formula is C27H38N2O3. The Kier molecular flexibility index (Phi) is 9.57. The first-order valence-corrected chi connectivity index (χ1v) is 11.9. The number of ether oxygens (including phenoxy) is 2. The Morgan fingerprint density at radius 3 is 2.62 bits per heavy atom. The molecule has 1 unspecified atom stereocenters. The van der Waals surface area contributed by atoms with Gasteiger partial charge in [-0.1, -0.05) is 36.4 Å². The molecule has 1 amide bonds. The molecule has 1 aliphatic rings. The van der Waals surface area contributed by atoms with Crippen LogP contribution in [0.1, 0.15) is 54.6 Å². The number of hydrogen-bond acceptors (Lipinski definition) is 4. The van der Waals surface area contributed by atoms with Gasteiger partial charge in [0.1, 0.15) is 5.75 Å². The van der Waals surface area contributed by atoms with Crippen LogP contribution in [-0.4, -0.2) is 56.3 Å². The summed E-state index contributed by atoms with van der Waals surface area (Å²) in [5, 5.41) is 3.44. The summed E-state index contributed by atoms with van der Waals surface area (Å²) in [5.41, 5.74) is 3.14. The van der Waals surface area contributed by atoms with Crippen LogP contribution in [0.25, 0.3) is 0 Å². The predicted octanol–water partition coefficient (Wildman–Crippen LogP) is 4.49. The molecule has 0 aromatic heterocycles. The van der Waals surface area contributed by atoms with E-state index < -0.39 is 0 Å². The van der Waals surface area contributed by atoms with Crippen LogP contribution < -0.4 is 10.1 Å². The average molecular weight is 439 g/mol. The number of nitrogens with zero attached hydrogens (tertiary/aromatic N) is 1. The molecule has 1 atom stereocenters. The second-order valence-corrected chi connectivity index (χ2v) is 8.81. The van der Waals surface area contributed by atoms with Gasteiger partial charge in [0.15, 0.2) is 0 Å². The fourth-order valence-corrected chi connectivity index (χ4v) is 4.38. The third-order valence-corrected chi connectivity index (χ3v) is 6.05. The van der Waals surface area contributed by atoms with Crippen molar-refractivity contribution >= 4 is 5.91 Å². The standard InChI is InChI=1S/C27H38N2O3/c1-21(2)29(25-11-7-16-28-20-25)27(30)24-15-14-23(13-12-22-9-5-4-6-10-22)26(19-24)32-18-8-17-31-3/h4-6,9-10,14-15,19,21,25,28H,7-8,11-13,16-18,20H2,1-3H3. The third kappa shape index (κ3) is 6.81. The van der Waals surface area contributed by atoms with Gasteiger partial charge >= 0.3 is 0 Å². The Bertz CT molecular complexity index is 832. The van der Waals surface area contributed by atoms with E-state index in [0.717, 1.165) is 56.5 Å². The van der Waals surface area contributed by atoms with E-state index in [9.17, 15) is 4.79 Å². The number of benzene rings is 2. The van der Waals surface area contributed by atoms with Crippen molar-refractivity contribution in [3.63, 3.8) is 0 Å². The van der Waals surface area contributed by atoms with Crippen LogP contribution in [-0.2, 0) is 17.6 Å². The average Bonchev–Trinajstić information content (AvgIpc) is 2.82. The Balaban J connectivity index is 1.79. The lowest BCUT2D eigenvalue weighted by Gasteiger charge is -2.37. The molecule has 0 bridgehead atoms. The Hall–Kier alpha value is -2.37. The van der Waals surface area contributed by atoms with Crippen LogP contribution >= 0.6 is 0 Å². The zero-order valence-electron chi connectivity index (χ0n) is 19.8. The van der Waals surface area contributed by atoms with E-state index in [1.54, 1.807) is 7.11 Å². The van der Waals surface area contributed by atoms with Crippen molar-refractivity contribution in [2.45, 2.75) is 58.0 Å². The van der Waals surface area contributed by atoms with E-state index in [2.05, 4.69) is 49.5 Å². The van der Waals surface area contributed by atoms with Gasteiger partial charge in [-0.05, 0) is 69.3 Å². The van der Waals surface area contributed by atoms with Crippen molar-refractivity contribution in [1.29, 1.82) is 0 Å². The summed E-state index contributed by atoms with van der Waals surface area (Å²) < 4.78 is 11.3. The number of methoxy groups -OCH3 is 1. The number of hydrogen-bond donors (Lipinski definition) is 1. The highest BCUT2D eigenvalue weighted by atomic mass is 16.5. The minimum Gasteiger partial charge on any atom is -0.493 e. The fourth-order valence-electron chi connectivity index (χ4n) is 4.38. The number of piperidine rings is 1. The van der Waals surface area contributed by atoms with E-state index in [0.29, 0.717) is 18.8 Å². The van der Waals surface area contributed by atoms with Gasteiger partial charge in [-0.3, -0.25) is 4.79 Å². The monoisotopic (exact) mass is 438 g/mol. The second-order valence-electron chi connectivity index (χ2n) is 8.81. The molecule has 0 spiro atoms. The van der Waals surface area contributed by atoms with Gasteiger partial charge < -0.3 is 19.7 Å².